The highest BCUT2D eigenvalue weighted by Crippen LogP contribution is 2.29. The van der Waals surface area contributed by atoms with Crippen LogP contribution >= 0.6 is 0 Å². The molecule has 1 heterocycles. The van der Waals surface area contributed by atoms with Gasteiger partial charge < -0.3 is 10.1 Å². The van der Waals surface area contributed by atoms with Crippen molar-refractivity contribution in [3.63, 3.8) is 0 Å². The van der Waals surface area contributed by atoms with Crippen LogP contribution in [0.15, 0.2) is 24.3 Å². The zero-order chi connectivity index (χ0) is 12.3. The van der Waals surface area contributed by atoms with Gasteiger partial charge in [-0.2, -0.15) is 13.2 Å². The van der Waals surface area contributed by atoms with Crippen molar-refractivity contribution in [2.24, 2.45) is 0 Å². The Morgan fingerprint density at radius 1 is 1.24 bits per heavy atom. The smallest absolute Gasteiger partial charge is 0.380 e. The van der Waals surface area contributed by atoms with Gasteiger partial charge in [0.1, 0.15) is 0 Å². The van der Waals surface area contributed by atoms with Crippen molar-refractivity contribution in [2.45, 2.75) is 25.2 Å². The number of nitrogens with one attached hydrogen (secondary N) is 1. The molecule has 1 saturated heterocycles. The van der Waals surface area contributed by atoms with Crippen LogP contribution in [0.1, 0.15) is 17.5 Å². The molecule has 0 aliphatic carbocycles. The van der Waals surface area contributed by atoms with Gasteiger partial charge in [-0.3, -0.25) is 0 Å². The summed E-state index contributed by atoms with van der Waals surface area (Å²) < 4.78 is 42.2. The molecule has 94 valence electrons. The Morgan fingerprint density at radius 3 is 2.47 bits per heavy atom. The molecule has 1 atom stereocenters. The minimum atomic E-state index is -4.26. The summed E-state index contributed by atoms with van der Waals surface area (Å²) in [6, 6.07) is 5.55. The van der Waals surface area contributed by atoms with Gasteiger partial charge in [0.25, 0.3) is 0 Å². The summed E-state index contributed by atoms with van der Waals surface area (Å²) in [6.07, 6.45) is -3.30. The van der Waals surface area contributed by atoms with Gasteiger partial charge in [-0.15, -0.1) is 0 Å². The topological polar surface area (TPSA) is 21.3 Å². The Morgan fingerprint density at radius 2 is 1.94 bits per heavy atom. The van der Waals surface area contributed by atoms with E-state index in [0.717, 1.165) is 30.7 Å². The fraction of sp³-hybridized carbons (Fsp3) is 0.500. The van der Waals surface area contributed by atoms with E-state index in [0.29, 0.717) is 19.2 Å². The lowest BCUT2D eigenvalue weighted by Gasteiger charge is -2.11. The lowest BCUT2D eigenvalue weighted by molar-refractivity contribution is -0.137. The Bertz CT molecular complexity index is 355. The second-order valence-electron chi connectivity index (χ2n) is 4.14. The largest absolute Gasteiger partial charge is 0.416 e. The average Bonchev–Trinajstić information content (AvgIpc) is 2.78. The highest BCUT2D eigenvalue weighted by Gasteiger charge is 2.29. The number of alkyl halides is 3. The van der Waals surface area contributed by atoms with E-state index in [1.807, 2.05) is 0 Å². The molecule has 1 aliphatic heterocycles. The maximum Gasteiger partial charge on any atom is 0.416 e. The van der Waals surface area contributed by atoms with Crippen LogP contribution < -0.4 is 5.32 Å². The summed E-state index contributed by atoms with van der Waals surface area (Å²) in [4.78, 5) is 0. The molecule has 1 aromatic rings. The highest BCUT2D eigenvalue weighted by molar-refractivity contribution is 5.24. The molecule has 1 N–H and O–H groups in total. The van der Waals surface area contributed by atoms with E-state index in [-0.39, 0.29) is 0 Å². The first kappa shape index (κ1) is 12.4. The third-order valence-corrected chi connectivity index (χ3v) is 2.81. The van der Waals surface area contributed by atoms with Crippen molar-refractivity contribution in [3.05, 3.63) is 35.4 Å². The molecule has 1 aliphatic rings. The minimum Gasteiger partial charge on any atom is -0.380 e. The second kappa shape index (κ2) is 5.06. The molecule has 0 radical (unpaired) electrons. The first-order valence-corrected chi connectivity index (χ1v) is 5.53. The van der Waals surface area contributed by atoms with E-state index in [1.54, 1.807) is 0 Å². The van der Waals surface area contributed by atoms with Crippen LogP contribution in [0.5, 0.6) is 0 Å². The first-order valence-electron chi connectivity index (χ1n) is 5.53. The SMILES string of the molecule is FC(F)(F)c1ccc(CNC2CCOC2)cc1. The molecular weight excluding hydrogens is 231 g/mol. The van der Waals surface area contributed by atoms with Gasteiger partial charge >= 0.3 is 6.18 Å². The number of halogens is 3. The third-order valence-electron chi connectivity index (χ3n) is 2.81. The van der Waals surface area contributed by atoms with E-state index in [9.17, 15) is 13.2 Å². The summed E-state index contributed by atoms with van der Waals surface area (Å²) in [7, 11) is 0. The Hall–Kier alpha value is -1.07. The fourth-order valence-corrected chi connectivity index (χ4v) is 1.77. The summed E-state index contributed by atoms with van der Waals surface area (Å²) in [5.41, 5.74) is 0.246. The number of hydrogen-bond donors (Lipinski definition) is 1. The van der Waals surface area contributed by atoms with Crippen LogP contribution in [0.25, 0.3) is 0 Å². The van der Waals surface area contributed by atoms with E-state index < -0.39 is 11.7 Å². The second-order valence-corrected chi connectivity index (χ2v) is 4.14. The van der Waals surface area contributed by atoms with E-state index in [1.165, 1.54) is 12.1 Å². The zero-order valence-electron chi connectivity index (χ0n) is 9.26. The lowest BCUT2D eigenvalue weighted by Crippen LogP contribution is -2.28. The summed E-state index contributed by atoms with van der Waals surface area (Å²) in [5.74, 6) is 0. The van der Waals surface area contributed by atoms with Crippen molar-refractivity contribution < 1.29 is 17.9 Å². The third kappa shape index (κ3) is 3.44. The van der Waals surface area contributed by atoms with Gasteiger partial charge in [-0.1, -0.05) is 12.1 Å². The molecule has 2 nitrogen and oxygen atoms in total. The highest BCUT2D eigenvalue weighted by atomic mass is 19.4. The Labute approximate surface area is 97.8 Å². The molecule has 17 heavy (non-hydrogen) atoms. The summed E-state index contributed by atoms with van der Waals surface area (Å²) >= 11 is 0. The van der Waals surface area contributed by atoms with Gasteiger partial charge in [0, 0.05) is 19.2 Å². The van der Waals surface area contributed by atoms with E-state index >= 15 is 0 Å². The molecule has 1 fully saturated rings. The summed E-state index contributed by atoms with van der Waals surface area (Å²) in [6.45, 7) is 2.01. The molecule has 0 spiro atoms. The van der Waals surface area contributed by atoms with Crippen LogP contribution in [0.4, 0.5) is 13.2 Å². The number of rotatable bonds is 3. The maximum atomic E-state index is 12.3. The Kier molecular flexibility index (Phi) is 3.69. The molecule has 5 heteroatoms. The first-order chi connectivity index (χ1) is 8.05. The number of hydrogen-bond acceptors (Lipinski definition) is 2. The predicted molar refractivity (Wildman–Crippen MR) is 57.5 cm³/mol. The van der Waals surface area contributed by atoms with Crippen molar-refractivity contribution in [1.29, 1.82) is 0 Å². The molecule has 0 aromatic heterocycles. The minimum absolute atomic E-state index is 0.317. The summed E-state index contributed by atoms with van der Waals surface area (Å²) in [5, 5.41) is 3.25. The fourth-order valence-electron chi connectivity index (χ4n) is 1.77. The monoisotopic (exact) mass is 245 g/mol. The van der Waals surface area contributed by atoms with Crippen LogP contribution in [0.2, 0.25) is 0 Å². The molecular formula is C12H14F3NO. The van der Waals surface area contributed by atoms with E-state index in [4.69, 9.17) is 4.74 Å². The van der Waals surface area contributed by atoms with Gasteiger partial charge in [0.15, 0.2) is 0 Å². The standard InChI is InChI=1S/C12H14F3NO/c13-12(14,15)10-3-1-9(2-4-10)7-16-11-5-6-17-8-11/h1-4,11,16H,5-8H2. The number of ether oxygens (including phenoxy) is 1. The lowest BCUT2D eigenvalue weighted by atomic mass is 10.1. The van der Waals surface area contributed by atoms with Crippen LogP contribution in [0.3, 0.4) is 0 Å². The molecule has 1 aromatic carbocycles. The normalized spacial score (nSPS) is 20.8. The van der Waals surface area contributed by atoms with E-state index in [2.05, 4.69) is 5.32 Å². The average molecular weight is 245 g/mol. The molecule has 1 unspecified atom stereocenters. The molecule has 0 amide bonds. The molecule has 0 saturated carbocycles. The Balaban J connectivity index is 1.89. The van der Waals surface area contributed by atoms with Crippen LogP contribution in [0, 0.1) is 0 Å². The quantitative estimate of drug-likeness (QED) is 0.883. The van der Waals surface area contributed by atoms with Crippen LogP contribution in [-0.4, -0.2) is 19.3 Å². The maximum absolute atomic E-state index is 12.3. The van der Waals surface area contributed by atoms with Crippen molar-refractivity contribution in [2.75, 3.05) is 13.2 Å². The van der Waals surface area contributed by atoms with Crippen molar-refractivity contribution in [3.8, 4) is 0 Å². The van der Waals surface area contributed by atoms with Gasteiger partial charge in [0.2, 0.25) is 0 Å². The van der Waals surface area contributed by atoms with Gasteiger partial charge in [-0.05, 0) is 24.1 Å². The number of benzene rings is 1. The molecule has 2 rings (SSSR count). The zero-order valence-corrected chi connectivity index (χ0v) is 9.26. The van der Waals surface area contributed by atoms with Gasteiger partial charge in [0.05, 0.1) is 12.2 Å². The van der Waals surface area contributed by atoms with Crippen molar-refractivity contribution in [1.82, 2.24) is 5.32 Å². The van der Waals surface area contributed by atoms with Crippen molar-refractivity contribution >= 4 is 0 Å². The van der Waals surface area contributed by atoms with Gasteiger partial charge in [-0.25, -0.2) is 0 Å². The van der Waals surface area contributed by atoms with Crippen LogP contribution in [-0.2, 0) is 17.5 Å². The molecule has 0 bridgehead atoms. The predicted octanol–water partition coefficient (Wildman–Crippen LogP) is 2.58.